The van der Waals surface area contributed by atoms with Crippen LogP contribution in [0.1, 0.15) is 31.9 Å². The standard InChI is InChI=1S/C21H22ClFN6O2/c1-3-17(23)18-12-31-21(30)29(18)19-8-9-24-20(27-19)26-13(2)14-10-25-28(11-14)16-6-4-15(22)5-7-16/h4-11,13,17-18H,3,12H2,1-2H3,(H,24,26,27)/t13-,17+,18+/m0/s1. The average molecular weight is 445 g/mol. The van der Waals surface area contributed by atoms with Crippen LogP contribution in [0.4, 0.5) is 21.0 Å². The summed E-state index contributed by atoms with van der Waals surface area (Å²) in [5.74, 6) is 0.611. The van der Waals surface area contributed by atoms with Crippen LogP contribution in [0, 0.1) is 0 Å². The van der Waals surface area contributed by atoms with E-state index in [1.54, 1.807) is 36.0 Å². The first-order chi connectivity index (χ1) is 15.0. The molecule has 8 nitrogen and oxygen atoms in total. The highest BCUT2D eigenvalue weighted by atomic mass is 35.5. The summed E-state index contributed by atoms with van der Waals surface area (Å²) in [5.41, 5.74) is 1.80. The van der Waals surface area contributed by atoms with Crippen LogP contribution < -0.4 is 10.2 Å². The second-order valence-electron chi connectivity index (χ2n) is 7.24. The van der Waals surface area contributed by atoms with Gasteiger partial charge in [-0.25, -0.2) is 18.9 Å². The molecule has 0 saturated carbocycles. The molecule has 10 heteroatoms. The van der Waals surface area contributed by atoms with E-state index in [1.165, 1.54) is 11.1 Å². The fourth-order valence-electron chi connectivity index (χ4n) is 3.36. The molecule has 1 aliphatic rings. The topological polar surface area (TPSA) is 85.2 Å². The second kappa shape index (κ2) is 8.89. The van der Waals surface area contributed by atoms with Crippen LogP contribution >= 0.6 is 11.6 Å². The largest absolute Gasteiger partial charge is 0.447 e. The van der Waals surface area contributed by atoms with Crippen molar-refractivity contribution in [1.82, 2.24) is 19.7 Å². The van der Waals surface area contributed by atoms with Crippen molar-refractivity contribution in [2.24, 2.45) is 0 Å². The zero-order chi connectivity index (χ0) is 22.0. The molecule has 1 fully saturated rings. The summed E-state index contributed by atoms with van der Waals surface area (Å²) < 4.78 is 21.1. The van der Waals surface area contributed by atoms with Gasteiger partial charge in [-0.3, -0.25) is 4.90 Å². The number of ether oxygens (including phenoxy) is 1. The van der Waals surface area contributed by atoms with Crippen LogP contribution in [-0.2, 0) is 4.74 Å². The predicted molar refractivity (Wildman–Crippen MR) is 115 cm³/mol. The molecule has 0 radical (unpaired) electrons. The van der Waals surface area contributed by atoms with Crippen LogP contribution in [0.25, 0.3) is 5.69 Å². The molecule has 31 heavy (non-hydrogen) atoms. The first kappa shape index (κ1) is 21.0. The van der Waals surface area contributed by atoms with Gasteiger partial charge in [-0.15, -0.1) is 0 Å². The molecular weight excluding hydrogens is 423 g/mol. The summed E-state index contributed by atoms with van der Waals surface area (Å²) in [6, 6.07) is 8.06. The third-order valence-corrected chi connectivity index (χ3v) is 5.39. The van der Waals surface area contributed by atoms with Gasteiger partial charge in [0.25, 0.3) is 0 Å². The highest BCUT2D eigenvalue weighted by molar-refractivity contribution is 6.30. The molecule has 0 spiro atoms. The number of hydrogen-bond acceptors (Lipinski definition) is 6. The Morgan fingerprint density at radius 3 is 2.84 bits per heavy atom. The number of nitrogens with one attached hydrogen (secondary N) is 1. The fourth-order valence-corrected chi connectivity index (χ4v) is 3.49. The zero-order valence-electron chi connectivity index (χ0n) is 17.1. The Balaban J connectivity index is 1.50. The Kier molecular flexibility index (Phi) is 6.03. The van der Waals surface area contributed by atoms with E-state index in [-0.39, 0.29) is 19.1 Å². The molecule has 1 aromatic carbocycles. The lowest BCUT2D eigenvalue weighted by Gasteiger charge is -2.23. The summed E-state index contributed by atoms with van der Waals surface area (Å²) in [6.45, 7) is 3.67. The summed E-state index contributed by atoms with van der Waals surface area (Å²) >= 11 is 5.94. The number of nitrogens with zero attached hydrogens (tertiary/aromatic N) is 5. The van der Waals surface area contributed by atoms with E-state index in [2.05, 4.69) is 20.4 Å². The molecule has 3 heterocycles. The smallest absolute Gasteiger partial charge is 0.416 e. The molecule has 0 bridgehead atoms. The molecular formula is C21H22ClFN6O2. The minimum Gasteiger partial charge on any atom is -0.447 e. The Hall–Kier alpha value is -3.20. The Morgan fingerprint density at radius 1 is 1.32 bits per heavy atom. The van der Waals surface area contributed by atoms with E-state index in [1.807, 2.05) is 25.3 Å². The molecule has 3 atom stereocenters. The van der Waals surface area contributed by atoms with Crippen LogP contribution in [0.3, 0.4) is 0 Å². The SMILES string of the molecule is CC[C@@H](F)[C@H]1COC(=O)N1c1ccnc(N[C@@H](C)c2cnn(-c3ccc(Cl)cc3)c2)n1. The number of aromatic nitrogens is 4. The van der Waals surface area contributed by atoms with Gasteiger partial charge in [-0.2, -0.15) is 10.1 Å². The molecule has 1 amide bonds. The molecule has 162 valence electrons. The van der Waals surface area contributed by atoms with Crippen molar-refractivity contribution in [2.75, 3.05) is 16.8 Å². The Morgan fingerprint density at radius 2 is 2.10 bits per heavy atom. The molecule has 0 aliphatic carbocycles. The number of carbonyl (C=O) groups excluding carboxylic acids is 1. The minimum atomic E-state index is -1.20. The number of rotatable bonds is 7. The summed E-state index contributed by atoms with van der Waals surface area (Å²) in [6.07, 6.45) is 3.64. The first-order valence-corrected chi connectivity index (χ1v) is 10.3. The molecule has 0 unspecified atom stereocenters. The van der Waals surface area contributed by atoms with Gasteiger partial charge in [0, 0.05) is 23.0 Å². The Labute approximate surface area is 184 Å². The van der Waals surface area contributed by atoms with Crippen LogP contribution in [0.15, 0.2) is 48.9 Å². The minimum absolute atomic E-state index is 0.000883. The lowest BCUT2D eigenvalue weighted by Crippen LogP contribution is -2.40. The average Bonchev–Trinajstić information content (AvgIpc) is 3.41. The number of amides is 1. The van der Waals surface area contributed by atoms with Crippen LogP contribution in [0.2, 0.25) is 5.02 Å². The van der Waals surface area contributed by atoms with Gasteiger partial charge >= 0.3 is 6.09 Å². The highest BCUT2D eigenvalue weighted by Gasteiger charge is 2.40. The molecule has 1 saturated heterocycles. The van der Waals surface area contributed by atoms with E-state index in [0.717, 1.165) is 11.3 Å². The number of anilines is 2. The van der Waals surface area contributed by atoms with Gasteiger partial charge < -0.3 is 10.1 Å². The van der Waals surface area contributed by atoms with E-state index in [0.29, 0.717) is 16.8 Å². The molecule has 1 N–H and O–H groups in total. The number of halogens is 2. The number of hydrogen-bond donors (Lipinski definition) is 1. The van der Waals surface area contributed by atoms with E-state index in [4.69, 9.17) is 16.3 Å². The quantitative estimate of drug-likeness (QED) is 0.575. The van der Waals surface area contributed by atoms with Gasteiger partial charge in [0.15, 0.2) is 0 Å². The summed E-state index contributed by atoms with van der Waals surface area (Å²) in [4.78, 5) is 22.0. The van der Waals surface area contributed by atoms with Gasteiger partial charge in [0.05, 0.1) is 17.9 Å². The molecule has 2 aromatic heterocycles. The van der Waals surface area contributed by atoms with E-state index in [9.17, 15) is 9.18 Å². The fraction of sp³-hybridized carbons (Fsp3) is 0.333. The predicted octanol–water partition coefficient (Wildman–Crippen LogP) is 4.56. The van der Waals surface area contributed by atoms with Gasteiger partial charge in [0.1, 0.15) is 24.6 Å². The lowest BCUT2D eigenvalue weighted by molar-refractivity contribution is 0.172. The normalized spacial score (nSPS) is 18.0. The maximum Gasteiger partial charge on any atom is 0.416 e. The maximum atomic E-state index is 14.3. The lowest BCUT2D eigenvalue weighted by atomic mass is 10.1. The molecule has 4 rings (SSSR count). The second-order valence-corrected chi connectivity index (χ2v) is 7.67. The van der Waals surface area contributed by atoms with Crippen molar-refractivity contribution in [3.05, 3.63) is 59.5 Å². The Bertz CT molecular complexity index is 1060. The van der Waals surface area contributed by atoms with Gasteiger partial charge in [0.2, 0.25) is 5.95 Å². The number of benzene rings is 1. The summed E-state index contributed by atoms with van der Waals surface area (Å²) in [7, 11) is 0. The van der Waals surface area contributed by atoms with Crippen molar-refractivity contribution < 1.29 is 13.9 Å². The zero-order valence-corrected chi connectivity index (χ0v) is 17.8. The van der Waals surface area contributed by atoms with E-state index < -0.39 is 18.3 Å². The molecule has 1 aliphatic heterocycles. The number of carbonyl (C=O) groups is 1. The highest BCUT2D eigenvalue weighted by Crippen LogP contribution is 2.27. The van der Waals surface area contributed by atoms with Crippen molar-refractivity contribution in [1.29, 1.82) is 0 Å². The van der Waals surface area contributed by atoms with Crippen molar-refractivity contribution in [2.45, 2.75) is 38.5 Å². The van der Waals surface area contributed by atoms with Crippen LogP contribution in [-0.4, -0.2) is 44.7 Å². The van der Waals surface area contributed by atoms with Crippen molar-refractivity contribution >= 4 is 29.5 Å². The maximum absolute atomic E-state index is 14.3. The van der Waals surface area contributed by atoms with Gasteiger partial charge in [-0.1, -0.05) is 18.5 Å². The van der Waals surface area contributed by atoms with Crippen molar-refractivity contribution in [3.63, 3.8) is 0 Å². The molecule has 3 aromatic rings. The summed E-state index contributed by atoms with van der Waals surface area (Å²) in [5, 5.41) is 8.25. The number of alkyl halides is 1. The van der Waals surface area contributed by atoms with Gasteiger partial charge in [-0.05, 0) is 43.7 Å². The first-order valence-electron chi connectivity index (χ1n) is 9.96. The number of cyclic esters (lactones) is 1. The third-order valence-electron chi connectivity index (χ3n) is 5.14. The monoisotopic (exact) mass is 444 g/mol. The van der Waals surface area contributed by atoms with E-state index >= 15 is 0 Å². The third kappa shape index (κ3) is 4.46. The van der Waals surface area contributed by atoms with Crippen LogP contribution in [0.5, 0.6) is 0 Å². The van der Waals surface area contributed by atoms with Crippen molar-refractivity contribution in [3.8, 4) is 5.69 Å².